The summed E-state index contributed by atoms with van der Waals surface area (Å²) < 4.78 is 12.6. The summed E-state index contributed by atoms with van der Waals surface area (Å²) in [6, 6.07) is 0. The maximum Gasteiger partial charge on any atom is 0.360 e. The predicted octanol–water partition coefficient (Wildman–Crippen LogP) is 1.98. The first-order chi connectivity index (χ1) is 9.76. The molecule has 1 aliphatic heterocycles. The van der Waals surface area contributed by atoms with Gasteiger partial charge in [-0.15, -0.1) is 5.10 Å². The number of carbonyl (C=O) groups is 1. The first-order valence-electron chi connectivity index (χ1n) is 7.47. The van der Waals surface area contributed by atoms with Gasteiger partial charge < -0.3 is 9.47 Å². The maximum absolute atomic E-state index is 11.9. The normalized spacial score (nSPS) is 19.0. The zero-order valence-electron chi connectivity index (χ0n) is 12.3. The molecule has 20 heavy (non-hydrogen) atoms. The highest BCUT2D eigenvalue weighted by Gasteiger charge is 2.23. The van der Waals surface area contributed by atoms with Crippen LogP contribution in [0.25, 0.3) is 0 Å². The summed E-state index contributed by atoms with van der Waals surface area (Å²) in [5.41, 5.74) is 1.21. The molecule has 6 nitrogen and oxygen atoms in total. The summed E-state index contributed by atoms with van der Waals surface area (Å²) in [4.78, 5) is 11.9. The van der Waals surface area contributed by atoms with Crippen LogP contribution in [0.4, 0.5) is 0 Å². The molecule has 1 atom stereocenters. The van der Waals surface area contributed by atoms with E-state index in [0.29, 0.717) is 18.8 Å². The molecule has 6 heteroatoms. The lowest BCUT2D eigenvalue weighted by molar-refractivity contribution is 0.00319. The van der Waals surface area contributed by atoms with E-state index in [2.05, 4.69) is 17.2 Å². The van der Waals surface area contributed by atoms with E-state index >= 15 is 0 Å². The van der Waals surface area contributed by atoms with Crippen molar-refractivity contribution in [2.45, 2.75) is 58.6 Å². The molecule has 1 aromatic heterocycles. The molecule has 0 N–H and O–H groups in total. The quantitative estimate of drug-likeness (QED) is 0.746. The summed E-state index contributed by atoms with van der Waals surface area (Å²) in [6.45, 7) is 5.69. The minimum absolute atomic E-state index is 0.177. The topological polar surface area (TPSA) is 66.2 Å². The van der Waals surface area contributed by atoms with Gasteiger partial charge >= 0.3 is 5.97 Å². The molecule has 2 rings (SSSR count). The summed E-state index contributed by atoms with van der Waals surface area (Å²) in [6.07, 6.45) is 5.24. The molecule has 2 heterocycles. The van der Waals surface area contributed by atoms with E-state index in [1.54, 1.807) is 6.92 Å². The summed E-state index contributed by atoms with van der Waals surface area (Å²) >= 11 is 0. The van der Waals surface area contributed by atoms with Gasteiger partial charge in [-0.1, -0.05) is 18.6 Å². The highest BCUT2D eigenvalue weighted by atomic mass is 16.5. The molecule has 0 saturated carbocycles. The van der Waals surface area contributed by atoms with Gasteiger partial charge in [0.05, 0.1) is 24.9 Å². The minimum Gasteiger partial charge on any atom is -0.461 e. The lowest BCUT2D eigenvalue weighted by Crippen LogP contribution is -2.26. The third kappa shape index (κ3) is 3.56. The average molecular weight is 281 g/mol. The molecule has 0 amide bonds. The largest absolute Gasteiger partial charge is 0.461 e. The second kappa shape index (κ2) is 7.38. The molecule has 112 valence electrons. The van der Waals surface area contributed by atoms with Crippen LogP contribution in [-0.2, 0) is 22.4 Å². The average Bonchev–Trinajstić information content (AvgIpc) is 2.84. The number of ether oxygens (including phenoxy) is 2. The van der Waals surface area contributed by atoms with E-state index in [1.165, 1.54) is 6.42 Å². The van der Waals surface area contributed by atoms with Gasteiger partial charge in [-0.3, -0.25) is 0 Å². The van der Waals surface area contributed by atoms with Gasteiger partial charge in [0.1, 0.15) is 0 Å². The zero-order chi connectivity index (χ0) is 14.4. The molecule has 1 fully saturated rings. The fraction of sp³-hybridized carbons (Fsp3) is 0.786. The van der Waals surface area contributed by atoms with Crippen LogP contribution in [-0.4, -0.2) is 40.3 Å². The smallest absolute Gasteiger partial charge is 0.360 e. The van der Waals surface area contributed by atoms with Crippen LogP contribution in [0.1, 0.15) is 55.7 Å². The van der Waals surface area contributed by atoms with Gasteiger partial charge in [0.15, 0.2) is 5.69 Å². The highest BCUT2D eigenvalue weighted by molar-refractivity contribution is 5.88. The van der Waals surface area contributed by atoms with Crippen LogP contribution in [0.2, 0.25) is 0 Å². The second-order valence-electron chi connectivity index (χ2n) is 5.03. The third-order valence-electron chi connectivity index (χ3n) is 3.44. The van der Waals surface area contributed by atoms with E-state index in [4.69, 9.17) is 9.47 Å². The first-order valence-corrected chi connectivity index (χ1v) is 7.47. The Kier molecular flexibility index (Phi) is 5.52. The molecule has 1 aliphatic rings. The SMILES string of the molecule is CCCc1c(C(=O)OCC)nnn1CC1CCCCO1. The van der Waals surface area contributed by atoms with E-state index in [1.807, 2.05) is 4.68 Å². The number of aromatic nitrogens is 3. The van der Waals surface area contributed by atoms with E-state index in [9.17, 15) is 4.79 Å². The maximum atomic E-state index is 11.9. The fourth-order valence-corrected chi connectivity index (χ4v) is 2.47. The number of carbonyl (C=O) groups excluding carboxylic acids is 1. The monoisotopic (exact) mass is 281 g/mol. The van der Waals surface area contributed by atoms with Crippen molar-refractivity contribution < 1.29 is 14.3 Å². The molecule has 0 bridgehead atoms. The Morgan fingerprint density at radius 1 is 1.45 bits per heavy atom. The van der Waals surface area contributed by atoms with E-state index in [0.717, 1.165) is 38.0 Å². The van der Waals surface area contributed by atoms with Crippen molar-refractivity contribution >= 4 is 5.97 Å². The number of rotatable bonds is 6. The van der Waals surface area contributed by atoms with Gasteiger partial charge in [-0.05, 0) is 32.6 Å². The molecule has 1 unspecified atom stereocenters. The van der Waals surface area contributed by atoms with Crippen molar-refractivity contribution in [3.63, 3.8) is 0 Å². The Morgan fingerprint density at radius 3 is 2.95 bits per heavy atom. The number of esters is 1. The lowest BCUT2D eigenvalue weighted by atomic mass is 10.1. The van der Waals surface area contributed by atoms with Gasteiger partial charge in [0.2, 0.25) is 0 Å². The Bertz CT molecular complexity index is 439. The molecular weight excluding hydrogens is 258 g/mol. The van der Waals surface area contributed by atoms with Crippen molar-refractivity contribution in [2.75, 3.05) is 13.2 Å². The second-order valence-corrected chi connectivity index (χ2v) is 5.03. The third-order valence-corrected chi connectivity index (χ3v) is 3.44. The molecule has 1 aromatic rings. The van der Waals surface area contributed by atoms with Crippen molar-refractivity contribution in [2.24, 2.45) is 0 Å². The van der Waals surface area contributed by atoms with Crippen LogP contribution in [0, 0.1) is 0 Å². The van der Waals surface area contributed by atoms with Crippen LogP contribution >= 0.6 is 0 Å². The van der Waals surface area contributed by atoms with Crippen LogP contribution in [0.3, 0.4) is 0 Å². The first kappa shape index (κ1) is 15.0. The van der Waals surface area contributed by atoms with Crippen LogP contribution in [0.5, 0.6) is 0 Å². The molecule has 0 spiro atoms. The molecule has 0 radical (unpaired) electrons. The van der Waals surface area contributed by atoms with Gasteiger partial charge in [0, 0.05) is 6.61 Å². The van der Waals surface area contributed by atoms with Crippen molar-refractivity contribution in [3.05, 3.63) is 11.4 Å². The Morgan fingerprint density at radius 2 is 2.30 bits per heavy atom. The van der Waals surface area contributed by atoms with Gasteiger partial charge in [-0.25, -0.2) is 9.48 Å². The molecule has 0 aliphatic carbocycles. The molecule has 1 saturated heterocycles. The van der Waals surface area contributed by atoms with Crippen molar-refractivity contribution in [3.8, 4) is 0 Å². The Labute approximate surface area is 119 Å². The number of hydrogen-bond acceptors (Lipinski definition) is 5. The summed E-state index contributed by atoms with van der Waals surface area (Å²) in [5.74, 6) is -0.383. The van der Waals surface area contributed by atoms with E-state index in [-0.39, 0.29) is 12.1 Å². The van der Waals surface area contributed by atoms with E-state index < -0.39 is 0 Å². The fourth-order valence-electron chi connectivity index (χ4n) is 2.47. The van der Waals surface area contributed by atoms with Crippen molar-refractivity contribution in [1.29, 1.82) is 0 Å². The zero-order valence-corrected chi connectivity index (χ0v) is 12.3. The standard InChI is InChI=1S/C14H23N3O3/c1-3-7-12-13(14(18)19-4-2)15-16-17(12)10-11-8-5-6-9-20-11/h11H,3-10H2,1-2H3. The molecule has 0 aromatic carbocycles. The predicted molar refractivity (Wildman–Crippen MR) is 73.6 cm³/mol. The number of hydrogen-bond donors (Lipinski definition) is 0. The summed E-state index contributed by atoms with van der Waals surface area (Å²) in [7, 11) is 0. The van der Waals surface area contributed by atoms with Crippen LogP contribution in [0.15, 0.2) is 0 Å². The lowest BCUT2D eigenvalue weighted by Gasteiger charge is -2.22. The Hall–Kier alpha value is -1.43. The highest BCUT2D eigenvalue weighted by Crippen LogP contribution is 2.17. The van der Waals surface area contributed by atoms with Gasteiger partial charge in [0.25, 0.3) is 0 Å². The summed E-state index contributed by atoms with van der Waals surface area (Å²) in [5, 5.41) is 8.12. The van der Waals surface area contributed by atoms with Gasteiger partial charge in [-0.2, -0.15) is 0 Å². The van der Waals surface area contributed by atoms with Crippen molar-refractivity contribution in [1.82, 2.24) is 15.0 Å². The minimum atomic E-state index is -0.383. The number of nitrogens with zero attached hydrogens (tertiary/aromatic N) is 3. The van der Waals surface area contributed by atoms with Crippen LogP contribution < -0.4 is 0 Å². The Balaban J connectivity index is 2.12. The molecular formula is C14H23N3O3.